The lowest BCUT2D eigenvalue weighted by molar-refractivity contribution is 0.414. The maximum atomic E-state index is 3.61. The zero-order valence-electron chi connectivity index (χ0n) is 12.5. The number of hydrogen-bond donors (Lipinski definition) is 1. The van der Waals surface area contributed by atoms with Gasteiger partial charge in [-0.1, -0.05) is 38.1 Å². The van der Waals surface area contributed by atoms with Crippen LogP contribution in [-0.2, 0) is 0 Å². The molecule has 1 aromatic carbocycles. The minimum Gasteiger partial charge on any atom is -0.312 e. The van der Waals surface area contributed by atoms with E-state index in [9.17, 15) is 0 Å². The van der Waals surface area contributed by atoms with E-state index in [0.717, 1.165) is 18.4 Å². The normalized spacial score (nSPS) is 23.4. The molecule has 1 saturated carbocycles. The first kappa shape index (κ1) is 13.6. The SMILES string of the molecule is CC(C)c1ccc(C2CC2CNC(C)(C)C)cc1. The molecule has 1 fully saturated rings. The maximum absolute atomic E-state index is 3.61. The van der Waals surface area contributed by atoms with E-state index < -0.39 is 0 Å². The molecule has 2 atom stereocenters. The van der Waals surface area contributed by atoms with Crippen molar-refractivity contribution in [3.8, 4) is 0 Å². The average molecular weight is 245 g/mol. The van der Waals surface area contributed by atoms with Gasteiger partial charge in [0, 0.05) is 5.54 Å². The predicted octanol–water partition coefficient (Wildman–Crippen LogP) is 4.30. The molecule has 0 bridgehead atoms. The third kappa shape index (κ3) is 3.58. The molecule has 0 radical (unpaired) electrons. The molecule has 2 rings (SSSR count). The molecule has 18 heavy (non-hydrogen) atoms. The van der Waals surface area contributed by atoms with Gasteiger partial charge < -0.3 is 5.32 Å². The van der Waals surface area contributed by atoms with Crippen LogP contribution < -0.4 is 5.32 Å². The molecule has 1 aliphatic rings. The first-order valence-electron chi connectivity index (χ1n) is 7.22. The monoisotopic (exact) mass is 245 g/mol. The summed E-state index contributed by atoms with van der Waals surface area (Å²) in [4.78, 5) is 0. The van der Waals surface area contributed by atoms with E-state index in [1.807, 2.05) is 0 Å². The van der Waals surface area contributed by atoms with Crippen molar-refractivity contribution in [1.29, 1.82) is 0 Å². The summed E-state index contributed by atoms with van der Waals surface area (Å²) >= 11 is 0. The Hall–Kier alpha value is -0.820. The van der Waals surface area contributed by atoms with Crippen molar-refractivity contribution in [1.82, 2.24) is 5.32 Å². The van der Waals surface area contributed by atoms with Crippen LogP contribution in [0.1, 0.15) is 64.0 Å². The zero-order chi connectivity index (χ0) is 13.3. The Morgan fingerprint density at radius 1 is 1.17 bits per heavy atom. The van der Waals surface area contributed by atoms with E-state index in [-0.39, 0.29) is 5.54 Å². The van der Waals surface area contributed by atoms with Gasteiger partial charge in [0.05, 0.1) is 0 Å². The molecule has 0 amide bonds. The molecule has 0 heterocycles. The summed E-state index contributed by atoms with van der Waals surface area (Å²) < 4.78 is 0. The predicted molar refractivity (Wildman–Crippen MR) is 79.1 cm³/mol. The molecule has 1 aliphatic carbocycles. The topological polar surface area (TPSA) is 12.0 Å². The second kappa shape index (κ2) is 5.05. The van der Waals surface area contributed by atoms with Crippen LogP contribution >= 0.6 is 0 Å². The highest BCUT2D eigenvalue weighted by Crippen LogP contribution is 2.47. The minimum atomic E-state index is 0.245. The first-order chi connectivity index (χ1) is 8.37. The van der Waals surface area contributed by atoms with Crippen molar-refractivity contribution in [3.05, 3.63) is 35.4 Å². The fourth-order valence-electron chi connectivity index (χ4n) is 2.45. The van der Waals surface area contributed by atoms with Crippen LogP contribution in [0.4, 0.5) is 0 Å². The van der Waals surface area contributed by atoms with Gasteiger partial charge in [-0.25, -0.2) is 0 Å². The molecule has 1 heteroatoms. The van der Waals surface area contributed by atoms with Crippen LogP contribution in [0.3, 0.4) is 0 Å². The van der Waals surface area contributed by atoms with E-state index in [4.69, 9.17) is 0 Å². The van der Waals surface area contributed by atoms with Crippen LogP contribution in [0, 0.1) is 5.92 Å². The lowest BCUT2D eigenvalue weighted by Crippen LogP contribution is -2.37. The highest BCUT2D eigenvalue weighted by molar-refractivity contribution is 5.30. The number of nitrogens with one attached hydrogen (secondary N) is 1. The molecule has 0 saturated heterocycles. The number of hydrogen-bond acceptors (Lipinski definition) is 1. The van der Waals surface area contributed by atoms with Crippen molar-refractivity contribution in [2.45, 2.75) is 58.4 Å². The summed E-state index contributed by atoms with van der Waals surface area (Å²) in [5.41, 5.74) is 3.22. The molecule has 100 valence electrons. The lowest BCUT2D eigenvalue weighted by atomic mass is 10.00. The summed E-state index contributed by atoms with van der Waals surface area (Å²) in [6.45, 7) is 12.4. The Kier molecular flexibility index (Phi) is 3.82. The van der Waals surface area contributed by atoms with E-state index in [1.165, 1.54) is 17.5 Å². The van der Waals surface area contributed by atoms with Gasteiger partial charge in [-0.15, -0.1) is 0 Å². The lowest BCUT2D eigenvalue weighted by Gasteiger charge is -2.20. The second-order valence-corrected chi connectivity index (χ2v) is 7.05. The first-order valence-corrected chi connectivity index (χ1v) is 7.22. The van der Waals surface area contributed by atoms with Gasteiger partial charge in [0.2, 0.25) is 0 Å². The molecule has 1 N–H and O–H groups in total. The average Bonchev–Trinajstić information content (AvgIpc) is 3.05. The highest BCUT2D eigenvalue weighted by Gasteiger charge is 2.38. The third-order valence-electron chi connectivity index (χ3n) is 3.85. The highest BCUT2D eigenvalue weighted by atomic mass is 15.0. The van der Waals surface area contributed by atoms with Gasteiger partial charge in [0.15, 0.2) is 0 Å². The van der Waals surface area contributed by atoms with Crippen LogP contribution in [0.5, 0.6) is 0 Å². The molecule has 1 aromatic rings. The van der Waals surface area contributed by atoms with Gasteiger partial charge in [-0.3, -0.25) is 0 Å². The Morgan fingerprint density at radius 2 is 1.78 bits per heavy atom. The molecule has 0 spiro atoms. The van der Waals surface area contributed by atoms with Gasteiger partial charge in [-0.2, -0.15) is 0 Å². The van der Waals surface area contributed by atoms with E-state index in [0.29, 0.717) is 5.92 Å². The Morgan fingerprint density at radius 3 is 2.28 bits per heavy atom. The van der Waals surface area contributed by atoms with Gasteiger partial charge >= 0.3 is 0 Å². The molecule has 2 unspecified atom stereocenters. The Balaban J connectivity index is 1.87. The number of rotatable bonds is 4. The summed E-state index contributed by atoms with van der Waals surface area (Å²) in [5.74, 6) is 2.27. The summed E-state index contributed by atoms with van der Waals surface area (Å²) in [5, 5.41) is 3.61. The van der Waals surface area contributed by atoms with E-state index in [2.05, 4.69) is 64.2 Å². The van der Waals surface area contributed by atoms with Gasteiger partial charge in [0.25, 0.3) is 0 Å². The molecule has 1 nitrogen and oxygen atoms in total. The van der Waals surface area contributed by atoms with E-state index >= 15 is 0 Å². The van der Waals surface area contributed by atoms with Gasteiger partial charge in [-0.05, 0) is 62.6 Å². The Labute approximate surface area is 112 Å². The van der Waals surface area contributed by atoms with Crippen molar-refractivity contribution in [2.24, 2.45) is 5.92 Å². The van der Waals surface area contributed by atoms with Crippen molar-refractivity contribution < 1.29 is 0 Å². The van der Waals surface area contributed by atoms with Gasteiger partial charge in [0.1, 0.15) is 0 Å². The molecule has 0 aromatic heterocycles. The Bertz CT molecular complexity index is 383. The van der Waals surface area contributed by atoms with E-state index in [1.54, 1.807) is 0 Å². The molecular weight excluding hydrogens is 218 g/mol. The smallest absolute Gasteiger partial charge is 0.00966 e. The fourth-order valence-corrected chi connectivity index (χ4v) is 2.45. The maximum Gasteiger partial charge on any atom is 0.00966 e. The second-order valence-electron chi connectivity index (χ2n) is 7.05. The van der Waals surface area contributed by atoms with Crippen LogP contribution in [0.2, 0.25) is 0 Å². The summed E-state index contributed by atoms with van der Waals surface area (Å²) in [7, 11) is 0. The zero-order valence-corrected chi connectivity index (χ0v) is 12.5. The summed E-state index contributed by atoms with van der Waals surface area (Å²) in [6.07, 6.45) is 1.35. The fraction of sp³-hybridized carbons (Fsp3) is 0.647. The van der Waals surface area contributed by atoms with Crippen LogP contribution in [-0.4, -0.2) is 12.1 Å². The van der Waals surface area contributed by atoms with Crippen molar-refractivity contribution in [2.75, 3.05) is 6.54 Å². The number of benzene rings is 1. The molecular formula is C17H27N. The standard InChI is InChI=1S/C17H27N/c1-12(2)13-6-8-14(9-7-13)16-10-15(16)11-18-17(3,4)5/h6-9,12,15-16,18H,10-11H2,1-5H3. The van der Waals surface area contributed by atoms with Crippen LogP contribution in [0.25, 0.3) is 0 Å². The largest absolute Gasteiger partial charge is 0.312 e. The van der Waals surface area contributed by atoms with Crippen molar-refractivity contribution >= 4 is 0 Å². The van der Waals surface area contributed by atoms with Crippen molar-refractivity contribution in [3.63, 3.8) is 0 Å². The molecule has 0 aliphatic heterocycles. The third-order valence-corrected chi connectivity index (χ3v) is 3.85. The van der Waals surface area contributed by atoms with Crippen LogP contribution in [0.15, 0.2) is 24.3 Å². The summed E-state index contributed by atoms with van der Waals surface area (Å²) in [6, 6.07) is 9.26. The minimum absolute atomic E-state index is 0.245. The quantitative estimate of drug-likeness (QED) is 0.834.